The maximum absolute atomic E-state index is 9.92. The third-order valence-electron chi connectivity index (χ3n) is 1.14. The Morgan fingerprint density at radius 1 is 1.47 bits per heavy atom. The van der Waals surface area contributed by atoms with Crippen LogP contribution < -0.4 is 5.73 Å². The van der Waals surface area contributed by atoms with Crippen molar-refractivity contribution in [3.05, 3.63) is 0 Å². The first kappa shape index (κ1) is 15.6. The number of carbonyl (C=O) groups is 2. The normalized spacial score (nSPS) is 10.6. The van der Waals surface area contributed by atoms with Crippen molar-refractivity contribution in [2.75, 3.05) is 13.6 Å². The van der Waals surface area contributed by atoms with E-state index in [1.165, 1.54) is 14.0 Å². The minimum absolute atomic E-state index is 0.227. The van der Waals surface area contributed by atoms with Gasteiger partial charge in [0.2, 0.25) is 0 Å². The molecule has 0 saturated carbocycles. The number of carboxylic acids is 2. The highest BCUT2D eigenvalue weighted by Gasteiger charge is 2.03. The van der Waals surface area contributed by atoms with E-state index in [0.29, 0.717) is 0 Å². The molecule has 0 aromatic heterocycles. The van der Waals surface area contributed by atoms with Gasteiger partial charge in [-0.1, -0.05) is 0 Å². The summed E-state index contributed by atoms with van der Waals surface area (Å²) in [5.41, 5.74) is 4.93. The fraction of sp³-hybridized carbons (Fsp3) is 0.571. The number of nitrogens with zero attached hydrogens (tertiary/aromatic N) is 1. The summed E-state index contributed by atoms with van der Waals surface area (Å²) >= 11 is 0. The van der Waals surface area contributed by atoms with Gasteiger partial charge in [0, 0.05) is 7.05 Å². The van der Waals surface area contributed by atoms with Gasteiger partial charge in [-0.15, -0.1) is 0 Å². The quantitative estimate of drug-likeness (QED) is 0.283. The number of aliphatic carboxylic acids is 2. The van der Waals surface area contributed by atoms with Crippen LogP contribution in [-0.4, -0.2) is 57.8 Å². The minimum Gasteiger partial charge on any atom is -0.480 e. The molecule has 0 aliphatic heterocycles. The summed E-state index contributed by atoms with van der Waals surface area (Å²) in [5.74, 6) is -2.42. The lowest BCUT2D eigenvalue weighted by Gasteiger charge is -2.12. The fourth-order valence-corrected chi connectivity index (χ4v) is 0.288. The molecule has 0 radical (unpaired) electrons. The van der Waals surface area contributed by atoms with E-state index >= 15 is 0 Å². The van der Waals surface area contributed by atoms with Crippen LogP contribution in [-0.2, 0) is 9.59 Å². The van der Waals surface area contributed by atoms with E-state index in [1.54, 1.807) is 0 Å². The van der Waals surface area contributed by atoms with Gasteiger partial charge in [0.15, 0.2) is 5.96 Å². The first-order valence-electron chi connectivity index (χ1n) is 3.86. The van der Waals surface area contributed by atoms with Crippen LogP contribution in [0.3, 0.4) is 0 Å². The van der Waals surface area contributed by atoms with Crippen LogP contribution in [0.25, 0.3) is 0 Å². The number of carboxylic acid groups (broad SMARTS) is 2. The van der Waals surface area contributed by atoms with Crippen LogP contribution in [0.5, 0.6) is 0 Å². The Bertz CT molecular complexity index is 241. The summed E-state index contributed by atoms with van der Waals surface area (Å²) in [6, 6.07) is 0. The average Bonchev–Trinajstić information content (AvgIpc) is 2.03. The molecule has 0 fully saturated rings. The Morgan fingerprint density at radius 3 is 1.87 bits per heavy atom. The molecule has 0 aromatic carbocycles. The lowest BCUT2D eigenvalue weighted by molar-refractivity contribution is -0.145. The fourth-order valence-electron chi connectivity index (χ4n) is 0.288. The van der Waals surface area contributed by atoms with Crippen molar-refractivity contribution in [1.82, 2.24) is 4.90 Å². The lowest BCUT2D eigenvalue weighted by atomic mass is 10.4. The topological polar surface area (TPSA) is 148 Å². The molecule has 8 heteroatoms. The zero-order valence-electron chi connectivity index (χ0n) is 8.47. The summed E-state index contributed by atoms with van der Waals surface area (Å²) in [6.07, 6.45) is -1.23. The predicted molar refractivity (Wildman–Crippen MR) is 51.5 cm³/mol. The van der Waals surface area contributed by atoms with E-state index in [4.69, 9.17) is 26.5 Å². The Hall–Kier alpha value is -1.83. The molecular weight excluding hydrogens is 206 g/mol. The zero-order chi connectivity index (χ0) is 12.6. The van der Waals surface area contributed by atoms with Gasteiger partial charge in [-0.2, -0.15) is 0 Å². The van der Waals surface area contributed by atoms with Crippen molar-refractivity contribution < 1.29 is 24.9 Å². The summed E-state index contributed by atoms with van der Waals surface area (Å²) in [6.45, 7) is 0.970. The lowest BCUT2D eigenvalue weighted by Crippen LogP contribution is -2.36. The number of rotatable bonds is 3. The molecule has 0 spiro atoms. The molecule has 88 valence electrons. The average molecular weight is 221 g/mol. The van der Waals surface area contributed by atoms with Gasteiger partial charge in [0.1, 0.15) is 12.6 Å². The van der Waals surface area contributed by atoms with Gasteiger partial charge in [0.25, 0.3) is 0 Å². The number of aliphatic hydroxyl groups excluding tert-OH is 1. The molecular formula is C7H15N3O5. The predicted octanol–water partition coefficient (Wildman–Crippen LogP) is -1.65. The first-order valence-corrected chi connectivity index (χ1v) is 3.86. The summed E-state index contributed by atoms with van der Waals surface area (Å²) in [7, 11) is 1.44. The molecule has 0 aliphatic carbocycles. The van der Waals surface area contributed by atoms with Gasteiger partial charge in [0.05, 0.1) is 0 Å². The highest BCUT2D eigenvalue weighted by atomic mass is 16.4. The first-order chi connectivity index (χ1) is 6.68. The van der Waals surface area contributed by atoms with Gasteiger partial charge >= 0.3 is 11.9 Å². The van der Waals surface area contributed by atoms with Crippen LogP contribution >= 0.6 is 0 Å². The number of guanidine groups is 1. The molecule has 0 bridgehead atoms. The van der Waals surface area contributed by atoms with Crippen molar-refractivity contribution in [3.63, 3.8) is 0 Å². The molecule has 1 unspecified atom stereocenters. The zero-order valence-corrected chi connectivity index (χ0v) is 8.47. The molecule has 0 aliphatic rings. The summed E-state index contributed by atoms with van der Waals surface area (Å²) < 4.78 is 0. The molecule has 6 N–H and O–H groups in total. The van der Waals surface area contributed by atoms with Gasteiger partial charge in [-0.25, -0.2) is 4.79 Å². The van der Waals surface area contributed by atoms with Crippen LogP contribution in [0, 0.1) is 5.41 Å². The second kappa shape index (κ2) is 7.56. The highest BCUT2D eigenvalue weighted by Crippen LogP contribution is 1.76. The highest BCUT2D eigenvalue weighted by molar-refractivity contribution is 5.79. The van der Waals surface area contributed by atoms with E-state index < -0.39 is 18.0 Å². The van der Waals surface area contributed by atoms with Crippen molar-refractivity contribution >= 4 is 17.9 Å². The van der Waals surface area contributed by atoms with E-state index in [0.717, 1.165) is 4.90 Å². The maximum Gasteiger partial charge on any atom is 0.332 e. The van der Waals surface area contributed by atoms with E-state index in [2.05, 4.69) is 0 Å². The Kier molecular flexibility index (Phi) is 7.88. The van der Waals surface area contributed by atoms with Crippen LogP contribution in [0.4, 0.5) is 0 Å². The van der Waals surface area contributed by atoms with E-state index in [-0.39, 0.29) is 12.5 Å². The summed E-state index contributed by atoms with van der Waals surface area (Å²) in [5, 5.41) is 30.6. The second-order valence-electron chi connectivity index (χ2n) is 2.65. The molecule has 0 rings (SSSR count). The van der Waals surface area contributed by atoms with Crippen LogP contribution in [0.1, 0.15) is 6.92 Å². The smallest absolute Gasteiger partial charge is 0.332 e. The van der Waals surface area contributed by atoms with Gasteiger partial charge < -0.3 is 26.0 Å². The van der Waals surface area contributed by atoms with Crippen LogP contribution in [0.15, 0.2) is 0 Å². The molecule has 1 atom stereocenters. The van der Waals surface area contributed by atoms with E-state index in [9.17, 15) is 9.59 Å². The van der Waals surface area contributed by atoms with Gasteiger partial charge in [-0.05, 0) is 6.92 Å². The van der Waals surface area contributed by atoms with Gasteiger partial charge in [-0.3, -0.25) is 10.2 Å². The maximum atomic E-state index is 9.92. The number of hydrogen-bond acceptors (Lipinski definition) is 4. The number of nitrogens with one attached hydrogen (secondary N) is 1. The molecule has 0 aromatic rings. The number of aliphatic hydroxyl groups is 1. The Labute approximate surface area is 86.4 Å². The Morgan fingerprint density at radius 2 is 1.80 bits per heavy atom. The van der Waals surface area contributed by atoms with Crippen molar-refractivity contribution in [2.24, 2.45) is 5.73 Å². The largest absolute Gasteiger partial charge is 0.480 e. The van der Waals surface area contributed by atoms with Crippen LogP contribution in [0.2, 0.25) is 0 Å². The van der Waals surface area contributed by atoms with E-state index in [1.807, 2.05) is 0 Å². The third kappa shape index (κ3) is 12.2. The molecule has 0 saturated heterocycles. The number of hydrogen-bond donors (Lipinski definition) is 5. The van der Waals surface area contributed by atoms with Crippen molar-refractivity contribution in [1.29, 1.82) is 5.41 Å². The van der Waals surface area contributed by atoms with Crippen molar-refractivity contribution in [3.8, 4) is 0 Å². The standard InChI is InChI=1S/C4H9N3O2.C3H6O3/c1-7(4(5)6)2-3(8)9;1-2(4)3(5)6/h2H2,1H3,(H3,5,6)(H,8,9);2,4H,1H3,(H,5,6). The SMILES string of the molecule is CC(O)C(=O)O.CN(CC(=O)O)C(=N)N. The number of nitrogens with two attached hydrogens (primary N) is 1. The molecule has 0 amide bonds. The second-order valence-corrected chi connectivity index (χ2v) is 2.65. The Balaban J connectivity index is 0. The molecule has 15 heavy (non-hydrogen) atoms. The van der Waals surface area contributed by atoms with Crippen molar-refractivity contribution in [2.45, 2.75) is 13.0 Å². The minimum atomic E-state index is -1.23. The monoisotopic (exact) mass is 221 g/mol. The number of likely N-dealkylation sites (N-methyl/N-ethyl adjacent to an activating group) is 1. The summed E-state index contributed by atoms with van der Waals surface area (Å²) in [4.78, 5) is 20.5. The molecule has 8 nitrogen and oxygen atoms in total. The molecule has 0 heterocycles. The third-order valence-corrected chi connectivity index (χ3v) is 1.14.